The molecule has 0 aliphatic rings. The van der Waals surface area contributed by atoms with Crippen LogP contribution >= 0.6 is 0 Å². The fourth-order valence-corrected chi connectivity index (χ4v) is 0.622. The van der Waals surface area contributed by atoms with Crippen LogP contribution < -0.4 is 4.74 Å². The minimum atomic E-state index is -0.619. The lowest BCUT2D eigenvalue weighted by Crippen LogP contribution is -1.93. The van der Waals surface area contributed by atoms with Crippen molar-refractivity contribution < 1.29 is 13.9 Å². The first-order chi connectivity index (χ1) is 5.27. The maximum atomic E-state index is 12.7. The average molecular weight is 155 g/mol. The topological polar surface area (TPSA) is 39.2 Å². The van der Waals surface area contributed by atoms with Crippen molar-refractivity contribution >= 4 is 6.29 Å². The van der Waals surface area contributed by atoms with Gasteiger partial charge in [-0.25, -0.2) is 9.37 Å². The zero-order chi connectivity index (χ0) is 8.27. The van der Waals surface area contributed by atoms with Gasteiger partial charge in [0, 0.05) is 12.3 Å². The molecule has 0 spiro atoms. The summed E-state index contributed by atoms with van der Waals surface area (Å²) < 4.78 is 17.3. The van der Waals surface area contributed by atoms with Crippen molar-refractivity contribution in [2.45, 2.75) is 0 Å². The van der Waals surface area contributed by atoms with Crippen molar-refractivity contribution in [3.8, 4) is 5.88 Å². The summed E-state index contributed by atoms with van der Waals surface area (Å²) in [7, 11) is 1.38. The molecule has 0 radical (unpaired) electrons. The van der Waals surface area contributed by atoms with Gasteiger partial charge in [0.05, 0.1) is 12.7 Å². The number of methoxy groups -OCH3 is 1. The monoisotopic (exact) mass is 155 g/mol. The van der Waals surface area contributed by atoms with E-state index in [1.165, 1.54) is 7.11 Å². The van der Waals surface area contributed by atoms with Crippen LogP contribution in [-0.4, -0.2) is 18.4 Å². The number of aldehydes is 1. The van der Waals surface area contributed by atoms with Crippen molar-refractivity contribution in [3.05, 3.63) is 23.6 Å². The van der Waals surface area contributed by atoms with E-state index in [-0.39, 0.29) is 11.4 Å². The molecule has 1 aromatic heterocycles. The van der Waals surface area contributed by atoms with Gasteiger partial charge in [-0.15, -0.1) is 0 Å². The zero-order valence-corrected chi connectivity index (χ0v) is 5.87. The molecule has 1 rings (SSSR count). The summed E-state index contributed by atoms with van der Waals surface area (Å²) in [6, 6.07) is 1.06. The van der Waals surface area contributed by atoms with Gasteiger partial charge in [-0.2, -0.15) is 0 Å². The number of pyridine rings is 1. The molecule has 0 amide bonds. The maximum absolute atomic E-state index is 12.7. The van der Waals surface area contributed by atoms with Gasteiger partial charge in [0.25, 0.3) is 0 Å². The van der Waals surface area contributed by atoms with Crippen LogP contribution in [0.5, 0.6) is 5.88 Å². The lowest BCUT2D eigenvalue weighted by atomic mass is 10.3. The Morgan fingerprint density at radius 1 is 1.73 bits per heavy atom. The Hall–Kier alpha value is -1.45. The minimum Gasteiger partial charge on any atom is -0.481 e. The zero-order valence-electron chi connectivity index (χ0n) is 5.87. The predicted octanol–water partition coefficient (Wildman–Crippen LogP) is 1.04. The molecule has 0 atom stereocenters. The fraction of sp³-hybridized carbons (Fsp3) is 0.143. The number of rotatable bonds is 2. The highest BCUT2D eigenvalue weighted by molar-refractivity contribution is 5.74. The van der Waals surface area contributed by atoms with Gasteiger partial charge in [0.1, 0.15) is 5.82 Å². The van der Waals surface area contributed by atoms with E-state index in [4.69, 9.17) is 0 Å². The molecule has 0 saturated heterocycles. The van der Waals surface area contributed by atoms with Crippen LogP contribution in [0, 0.1) is 5.82 Å². The van der Waals surface area contributed by atoms with Crippen molar-refractivity contribution in [1.29, 1.82) is 0 Å². The third-order valence-corrected chi connectivity index (χ3v) is 1.19. The number of carbonyl (C=O) groups excluding carboxylic acids is 1. The van der Waals surface area contributed by atoms with E-state index in [9.17, 15) is 9.18 Å². The molecule has 0 fully saturated rings. The Labute approximate surface area is 62.8 Å². The molecule has 0 unspecified atom stereocenters. The average Bonchev–Trinajstić information content (AvgIpc) is 2.04. The molecule has 0 aromatic carbocycles. The Bertz CT molecular complexity index is 275. The highest BCUT2D eigenvalue weighted by Crippen LogP contribution is 2.10. The molecular weight excluding hydrogens is 149 g/mol. The smallest absolute Gasteiger partial charge is 0.215 e. The predicted molar refractivity (Wildman–Crippen MR) is 36.1 cm³/mol. The van der Waals surface area contributed by atoms with E-state index in [1.54, 1.807) is 0 Å². The van der Waals surface area contributed by atoms with Crippen LogP contribution in [0.25, 0.3) is 0 Å². The highest BCUT2D eigenvalue weighted by Gasteiger charge is 2.02. The van der Waals surface area contributed by atoms with E-state index < -0.39 is 5.82 Å². The van der Waals surface area contributed by atoms with E-state index in [2.05, 4.69) is 9.72 Å². The first-order valence-corrected chi connectivity index (χ1v) is 2.92. The summed E-state index contributed by atoms with van der Waals surface area (Å²) in [5, 5.41) is 0. The molecular formula is C7H6FNO2. The number of hydrogen-bond acceptors (Lipinski definition) is 3. The summed E-state index contributed by atoms with van der Waals surface area (Å²) in [6.45, 7) is 0. The van der Waals surface area contributed by atoms with E-state index in [0.29, 0.717) is 6.29 Å². The first-order valence-electron chi connectivity index (χ1n) is 2.92. The van der Waals surface area contributed by atoms with Gasteiger partial charge in [-0.1, -0.05) is 0 Å². The van der Waals surface area contributed by atoms with Crippen molar-refractivity contribution in [1.82, 2.24) is 4.98 Å². The maximum Gasteiger partial charge on any atom is 0.215 e. The quantitative estimate of drug-likeness (QED) is 0.599. The molecule has 0 N–H and O–H groups in total. The van der Waals surface area contributed by atoms with Gasteiger partial charge in [-0.3, -0.25) is 4.79 Å². The van der Waals surface area contributed by atoms with E-state index >= 15 is 0 Å². The summed E-state index contributed by atoms with van der Waals surface area (Å²) in [5.41, 5.74) is -0.0641. The second-order valence-corrected chi connectivity index (χ2v) is 1.87. The van der Waals surface area contributed by atoms with Crippen LogP contribution in [0.15, 0.2) is 12.3 Å². The number of aromatic nitrogens is 1. The Morgan fingerprint density at radius 3 is 2.91 bits per heavy atom. The summed E-state index contributed by atoms with van der Waals surface area (Å²) >= 11 is 0. The second kappa shape index (κ2) is 3.09. The largest absolute Gasteiger partial charge is 0.481 e. The number of hydrogen-bond donors (Lipinski definition) is 0. The molecule has 0 bridgehead atoms. The third-order valence-electron chi connectivity index (χ3n) is 1.19. The summed E-state index contributed by atoms with van der Waals surface area (Å²) in [5.74, 6) is -0.458. The fourth-order valence-electron chi connectivity index (χ4n) is 0.622. The second-order valence-electron chi connectivity index (χ2n) is 1.87. The molecule has 0 aliphatic carbocycles. The number of nitrogens with zero attached hydrogens (tertiary/aromatic N) is 1. The van der Waals surface area contributed by atoms with Crippen LogP contribution in [0.1, 0.15) is 10.4 Å². The SMILES string of the molecule is COc1cc(F)c(C=O)cn1. The molecule has 58 valence electrons. The Kier molecular flexibility index (Phi) is 2.15. The molecule has 1 heterocycles. The molecule has 0 aliphatic heterocycles. The highest BCUT2D eigenvalue weighted by atomic mass is 19.1. The molecule has 1 aromatic rings. The minimum absolute atomic E-state index is 0.0641. The Balaban J connectivity index is 3.09. The van der Waals surface area contributed by atoms with E-state index in [0.717, 1.165) is 12.3 Å². The standard InChI is InChI=1S/C7H6FNO2/c1-11-7-2-6(8)5(4-10)3-9-7/h2-4H,1H3. The van der Waals surface area contributed by atoms with Crippen molar-refractivity contribution in [3.63, 3.8) is 0 Å². The van der Waals surface area contributed by atoms with Crippen LogP contribution in [0.3, 0.4) is 0 Å². The van der Waals surface area contributed by atoms with Crippen LogP contribution in [0.2, 0.25) is 0 Å². The van der Waals surface area contributed by atoms with E-state index in [1.807, 2.05) is 0 Å². The van der Waals surface area contributed by atoms with Gasteiger partial charge in [0.15, 0.2) is 6.29 Å². The lowest BCUT2D eigenvalue weighted by molar-refractivity contribution is 0.111. The molecule has 4 heteroatoms. The number of carbonyl (C=O) groups is 1. The van der Waals surface area contributed by atoms with Gasteiger partial charge < -0.3 is 4.74 Å². The normalized spacial score (nSPS) is 9.27. The van der Waals surface area contributed by atoms with Crippen molar-refractivity contribution in [2.75, 3.05) is 7.11 Å². The van der Waals surface area contributed by atoms with Crippen LogP contribution in [0.4, 0.5) is 4.39 Å². The summed E-state index contributed by atoms with van der Waals surface area (Å²) in [6.07, 6.45) is 1.53. The summed E-state index contributed by atoms with van der Waals surface area (Å²) in [4.78, 5) is 13.7. The number of halogens is 1. The van der Waals surface area contributed by atoms with Gasteiger partial charge in [0.2, 0.25) is 5.88 Å². The molecule has 11 heavy (non-hydrogen) atoms. The third kappa shape index (κ3) is 1.52. The van der Waals surface area contributed by atoms with Gasteiger partial charge >= 0.3 is 0 Å². The number of ether oxygens (including phenoxy) is 1. The molecule has 0 saturated carbocycles. The molecule has 3 nitrogen and oxygen atoms in total. The lowest BCUT2D eigenvalue weighted by Gasteiger charge is -1.97. The Morgan fingerprint density at radius 2 is 2.45 bits per heavy atom. The van der Waals surface area contributed by atoms with Gasteiger partial charge in [-0.05, 0) is 0 Å². The van der Waals surface area contributed by atoms with Crippen molar-refractivity contribution in [2.24, 2.45) is 0 Å². The first kappa shape index (κ1) is 7.65. The van der Waals surface area contributed by atoms with Crippen LogP contribution in [-0.2, 0) is 0 Å².